The lowest BCUT2D eigenvalue weighted by molar-refractivity contribution is -0.145. The molecule has 1 atom stereocenters. The molecule has 2 heteroatoms. The zero-order valence-electron chi connectivity index (χ0n) is 12.1. The van der Waals surface area contributed by atoms with Gasteiger partial charge in [0.1, 0.15) is 0 Å². The smallest absolute Gasteiger partial charge is 0.308 e. The van der Waals surface area contributed by atoms with Crippen LogP contribution in [0.5, 0.6) is 0 Å². The summed E-state index contributed by atoms with van der Waals surface area (Å²) in [5, 5.41) is 0. The molecule has 0 amide bonds. The first-order chi connectivity index (χ1) is 8.38. The number of ether oxygens (including phenoxy) is 1. The highest BCUT2D eigenvalue weighted by atomic mass is 16.5. The summed E-state index contributed by atoms with van der Waals surface area (Å²) in [4.78, 5) is 11.6. The highest BCUT2D eigenvalue weighted by Crippen LogP contribution is 2.23. The minimum absolute atomic E-state index is 0.0320. The van der Waals surface area contributed by atoms with E-state index in [2.05, 4.69) is 45.0 Å². The van der Waals surface area contributed by atoms with E-state index in [4.69, 9.17) is 4.74 Å². The molecule has 1 aromatic rings. The van der Waals surface area contributed by atoms with E-state index in [0.29, 0.717) is 0 Å². The topological polar surface area (TPSA) is 26.3 Å². The van der Waals surface area contributed by atoms with E-state index in [9.17, 15) is 4.79 Å². The number of rotatable bonds is 4. The van der Waals surface area contributed by atoms with Crippen molar-refractivity contribution in [3.8, 4) is 0 Å². The number of hydrogen-bond donors (Lipinski definition) is 0. The highest BCUT2D eigenvalue weighted by molar-refractivity contribution is 5.72. The number of carbonyl (C=O) groups is 1. The van der Waals surface area contributed by atoms with Crippen LogP contribution in [0.25, 0.3) is 0 Å². The van der Waals surface area contributed by atoms with Crippen LogP contribution >= 0.6 is 0 Å². The van der Waals surface area contributed by atoms with Crippen molar-refractivity contribution in [3.05, 3.63) is 35.4 Å². The zero-order valence-corrected chi connectivity index (χ0v) is 12.1. The Morgan fingerprint density at radius 3 is 2.17 bits per heavy atom. The Morgan fingerprint density at radius 1 is 1.22 bits per heavy atom. The first kappa shape index (κ1) is 14.7. The number of esters is 1. The fourth-order valence-corrected chi connectivity index (χ4v) is 1.99. The fraction of sp³-hybridized carbons (Fsp3) is 0.562. The number of carbonyl (C=O) groups excluding carboxylic acids is 1. The molecule has 2 nitrogen and oxygen atoms in total. The largest absolute Gasteiger partial charge is 0.469 e. The van der Waals surface area contributed by atoms with E-state index < -0.39 is 0 Å². The Bertz CT molecular complexity index is 385. The Hall–Kier alpha value is -1.31. The second-order valence-electron chi connectivity index (χ2n) is 5.78. The van der Waals surface area contributed by atoms with Crippen LogP contribution in [0.15, 0.2) is 24.3 Å². The predicted octanol–water partition coefficient (Wildman–Crippen LogP) is 3.73. The SMILES string of the molecule is CCC(Cc1ccc(C(C)(C)C)cc1)C(=O)OC. The molecular weight excluding hydrogens is 224 g/mol. The lowest BCUT2D eigenvalue weighted by Crippen LogP contribution is -2.18. The molecule has 0 N–H and O–H groups in total. The van der Waals surface area contributed by atoms with Gasteiger partial charge >= 0.3 is 5.97 Å². The van der Waals surface area contributed by atoms with E-state index in [1.54, 1.807) is 0 Å². The molecule has 0 fully saturated rings. The lowest BCUT2D eigenvalue weighted by Gasteiger charge is -2.19. The summed E-state index contributed by atoms with van der Waals surface area (Å²) in [6, 6.07) is 8.54. The monoisotopic (exact) mass is 248 g/mol. The average Bonchev–Trinajstić information content (AvgIpc) is 2.34. The van der Waals surface area contributed by atoms with Gasteiger partial charge in [0.25, 0.3) is 0 Å². The Kier molecular flexibility index (Phi) is 4.94. The molecule has 0 aliphatic rings. The standard InChI is InChI=1S/C16H24O2/c1-6-13(15(17)18-5)11-12-7-9-14(10-8-12)16(2,3)4/h7-10,13H,6,11H2,1-5H3. The fourth-order valence-electron chi connectivity index (χ4n) is 1.99. The molecule has 0 spiro atoms. The van der Waals surface area contributed by atoms with Crippen molar-refractivity contribution >= 4 is 5.97 Å². The molecule has 0 radical (unpaired) electrons. The van der Waals surface area contributed by atoms with Gasteiger partial charge in [0.15, 0.2) is 0 Å². The van der Waals surface area contributed by atoms with Gasteiger partial charge in [-0.3, -0.25) is 4.79 Å². The molecule has 0 saturated carbocycles. The summed E-state index contributed by atoms with van der Waals surface area (Å²) in [5.74, 6) is -0.145. The molecule has 0 saturated heterocycles. The van der Waals surface area contributed by atoms with E-state index in [-0.39, 0.29) is 17.3 Å². The molecule has 0 aliphatic carbocycles. The molecule has 1 unspecified atom stereocenters. The molecule has 0 aromatic heterocycles. The predicted molar refractivity (Wildman–Crippen MR) is 74.6 cm³/mol. The van der Waals surface area contributed by atoms with Crippen LogP contribution in [-0.4, -0.2) is 13.1 Å². The van der Waals surface area contributed by atoms with E-state index in [1.165, 1.54) is 18.2 Å². The van der Waals surface area contributed by atoms with Gasteiger partial charge in [-0.1, -0.05) is 52.0 Å². The molecule has 0 bridgehead atoms. The number of hydrogen-bond acceptors (Lipinski definition) is 2. The quantitative estimate of drug-likeness (QED) is 0.759. The van der Waals surface area contributed by atoms with Gasteiger partial charge in [0.2, 0.25) is 0 Å². The molecule has 0 heterocycles. The normalized spacial score (nSPS) is 13.2. The van der Waals surface area contributed by atoms with Gasteiger partial charge in [-0.2, -0.15) is 0 Å². The minimum atomic E-state index is -0.114. The number of methoxy groups -OCH3 is 1. The van der Waals surface area contributed by atoms with E-state index in [0.717, 1.165) is 12.8 Å². The molecule has 1 rings (SSSR count). The Balaban J connectivity index is 2.77. The highest BCUT2D eigenvalue weighted by Gasteiger charge is 2.18. The van der Waals surface area contributed by atoms with Crippen LogP contribution in [0.4, 0.5) is 0 Å². The zero-order chi connectivity index (χ0) is 13.8. The minimum Gasteiger partial charge on any atom is -0.469 e. The van der Waals surface area contributed by atoms with Crippen LogP contribution < -0.4 is 0 Å². The van der Waals surface area contributed by atoms with Crippen molar-refractivity contribution in [1.82, 2.24) is 0 Å². The van der Waals surface area contributed by atoms with Gasteiger partial charge in [-0.25, -0.2) is 0 Å². The van der Waals surface area contributed by atoms with Crippen LogP contribution in [0.2, 0.25) is 0 Å². The van der Waals surface area contributed by atoms with Crippen molar-refractivity contribution < 1.29 is 9.53 Å². The van der Waals surface area contributed by atoms with Crippen molar-refractivity contribution in [2.45, 2.75) is 46.0 Å². The maximum atomic E-state index is 11.6. The molecule has 100 valence electrons. The van der Waals surface area contributed by atoms with Gasteiger partial charge in [0.05, 0.1) is 13.0 Å². The summed E-state index contributed by atoms with van der Waals surface area (Å²) in [5.41, 5.74) is 2.68. The maximum absolute atomic E-state index is 11.6. The average molecular weight is 248 g/mol. The van der Waals surface area contributed by atoms with Gasteiger partial charge < -0.3 is 4.74 Å². The van der Waals surface area contributed by atoms with E-state index in [1.807, 2.05) is 6.92 Å². The number of benzene rings is 1. The third-order valence-electron chi connectivity index (χ3n) is 3.33. The van der Waals surface area contributed by atoms with Crippen LogP contribution in [0.1, 0.15) is 45.2 Å². The van der Waals surface area contributed by atoms with Crippen LogP contribution in [0.3, 0.4) is 0 Å². The van der Waals surface area contributed by atoms with Crippen molar-refractivity contribution in [1.29, 1.82) is 0 Å². The van der Waals surface area contributed by atoms with Gasteiger partial charge in [0, 0.05) is 0 Å². The van der Waals surface area contributed by atoms with E-state index >= 15 is 0 Å². The Labute approximate surface area is 110 Å². The third-order valence-corrected chi connectivity index (χ3v) is 3.33. The molecule has 0 aliphatic heterocycles. The van der Waals surface area contributed by atoms with Crippen LogP contribution in [0, 0.1) is 5.92 Å². The first-order valence-electron chi connectivity index (χ1n) is 6.55. The maximum Gasteiger partial charge on any atom is 0.308 e. The van der Waals surface area contributed by atoms with Gasteiger partial charge in [-0.05, 0) is 29.4 Å². The molecule has 1 aromatic carbocycles. The van der Waals surface area contributed by atoms with Crippen molar-refractivity contribution in [3.63, 3.8) is 0 Å². The van der Waals surface area contributed by atoms with Crippen molar-refractivity contribution in [2.75, 3.05) is 7.11 Å². The van der Waals surface area contributed by atoms with Gasteiger partial charge in [-0.15, -0.1) is 0 Å². The first-order valence-corrected chi connectivity index (χ1v) is 6.55. The Morgan fingerprint density at radius 2 is 1.78 bits per heavy atom. The third kappa shape index (κ3) is 3.86. The lowest BCUT2D eigenvalue weighted by atomic mass is 9.86. The second kappa shape index (κ2) is 6.03. The summed E-state index contributed by atoms with van der Waals surface area (Å²) >= 11 is 0. The summed E-state index contributed by atoms with van der Waals surface area (Å²) < 4.78 is 4.81. The molecule has 18 heavy (non-hydrogen) atoms. The summed E-state index contributed by atoms with van der Waals surface area (Å²) in [7, 11) is 1.45. The second-order valence-corrected chi connectivity index (χ2v) is 5.78. The van der Waals surface area contributed by atoms with Crippen molar-refractivity contribution in [2.24, 2.45) is 5.92 Å². The summed E-state index contributed by atoms with van der Waals surface area (Å²) in [6.07, 6.45) is 1.57. The molecular formula is C16H24O2. The van der Waals surface area contributed by atoms with Crippen LogP contribution in [-0.2, 0) is 21.4 Å². The summed E-state index contributed by atoms with van der Waals surface area (Å²) in [6.45, 7) is 8.62.